The van der Waals surface area contributed by atoms with Crippen LogP contribution in [0.3, 0.4) is 0 Å². The van der Waals surface area contributed by atoms with Crippen molar-refractivity contribution in [3.63, 3.8) is 0 Å². The van der Waals surface area contributed by atoms with Gasteiger partial charge in [-0.05, 0) is 55.2 Å². The lowest BCUT2D eigenvalue weighted by Crippen LogP contribution is -2.48. The summed E-state index contributed by atoms with van der Waals surface area (Å²) < 4.78 is 41.9. The van der Waals surface area contributed by atoms with Crippen LogP contribution in [0.5, 0.6) is 0 Å². The van der Waals surface area contributed by atoms with Crippen LogP contribution in [0.1, 0.15) is 18.4 Å². The molecule has 1 amide bonds. The summed E-state index contributed by atoms with van der Waals surface area (Å²) in [6, 6.07) is 11.7. The third-order valence-electron chi connectivity index (χ3n) is 6.21. The molecule has 0 radical (unpaired) electrons. The Balaban J connectivity index is 1.31. The maximum atomic E-state index is 14.0. The van der Waals surface area contributed by atoms with Gasteiger partial charge in [0.2, 0.25) is 15.9 Å². The second kappa shape index (κ2) is 7.35. The van der Waals surface area contributed by atoms with E-state index < -0.39 is 10.0 Å². The van der Waals surface area contributed by atoms with Gasteiger partial charge in [-0.15, -0.1) is 0 Å². The predicted octanol–water partition coefficient (Wildman–Crippen LogP) is 2.64. The summed E-state index contributed by atoms with van der Waals surface area (Å²) in [7, 11) is -3.63. The summed E-state index contributed by atoms with van der Waals surface area (Å²) in [6.45, 7) is 2.11. The van der Waals surface area contributed by atoms with Crippen molar-refractivity contribution in [3.8, 4) is 0 Å². The van der Waals surface area contributed by atoms with E-state index in [2.05, 4.69) is 0 Å². The van der Waals surface area contributed by atoms with Crippen LogP contribution in [0.2, 0.25) is 0 Å². The molecule has 2 aromatic carbocycles. The van der Waals surface area contributed by atoms with E-state index in [9.17, 15) is 17.6 Å². The predicted molar refractivity (Wildman–Crippen MR) is 113 cm³/mol. The average molecular weight is 430 g/mol. The largest absolute Gasteiger partial charge is 0.367 e. The van der Waals surface area contributed by atoms with E-state index in [1.807, 2.05) is 4.90 Å². The van der Waals surface area contributed by atoms with E-state index in [1.54, 1.807) is 41.3 Å². The van der Waals surface area contributed by atoms with Crippen molar-refractivity contribution in [1.82, 2.24) is 4.31 Å². The normalized spacial score (nSPS) is 19.8. The van der Waals surface area contributed by atoms with E-state index in [1.165, 1.54) is 10.4 Å². The van der Waals surface area contributed by atoms with Crippen LogP contribution in [0.25, 0.3) is 0 Å². The van der Waals surface area contributed by atoms with Crippen molar-refractivity contribution >= 4 is 27.3 Å². The number of carbonyl (C=O) groups is 1. The Morgan fingerprint density at radius 2 is 1.67 bits per heavy atom. The maximum Gasteiger partial charge on any atom is 0.243 e. The standard InChI is InChI=1S/C22H24FN3O3S/c23-19-3-1-2-4-21(19)24-11-13-25(14-12-24)30(28,29)18-7-8-20-17(15-18)9-10-26(20)22(27)16-5-6-16/h1-4,7-8,15-16H,5-6,9-14H2. The highest BCUT2D eigenvalue weighted by Crippen LogP contribution is 2.37. The number of para-hydroxylation sites is 1. The highest BCUT2D eigenvalue weighted by Gasteiger charge is 2.37. The Kier molecular flexibility index (Phi) is 4.78. The Morgan fingerprint density at radius 3 is 2.37 bits per heavy atom. The lowest BCUT2D eigenvalue weighted by molar-refractivity contribution is -0.119. The minimum atomic E-state index is -3.63. The first kappa shape index (κ1) is 19.5. The van der Waals surface area contributed by atoms with Gasteiger partial charge in [-0.3, -0.25) is 4.79 Å². The maximum absolute atomic E-state index is 14.0. The van der Waals surface area contributed by atoms with Crippen molar-refractivity contribution in [2.75, 3.05) is 42.5 Å². The van der Waals surface area contributed by atoms with Gasteiger partial charge in [0, 0.05) is 44.3 Å². The van der Waals surface area contributed by atoms with E-state index in [-0.39, 0.29) is 22.5 Å². The average Bonchev–Trinajstić information content (AvgIpc) is 3.52. The zero-order chi connectivity index (χ0) is 20.9. The molecule has 30 heavy (non-hydrogen) atoms. The second-order valence-corrected chi connectivity index (χ2v) is 10.1. The molecule has 1 saturated carbocycles. The fourth-order valence-electron chi connectivity index (χ4n) is 4.34. The Hall–Kier alpha value is -2.45. The fraction of sp³-hybridized carbons (Fsp3) is 0.409. The van der Waals surface area contributed by atoms with Gasteiger partial charge in [0.25, 0.3) is 0 Å². The van der Waals surface area contributed by atoms with Gasteiger partial charge >= 0.3 is 0 Å². The summed E-state index contributed by atoms with van der Waals surface area (Å²) in [5, 5.41) is 0. The monoisotopic (exact) mass is 429 g/mol. The molecule has 6 nitrogen and oxygen atoms in total. The topological polar surface area (TPSA) is 60.9 Å². The molecular formula is C22H24FN3O3S. The quantitative estimate of drug-likeness (QED) is 0.750. The first-order chi connectivity index (χ1) is 14.4. The molecule has 1 saturated heterocycles. The van der Waals surface area contributed by atoms with Crippen LogP contribution in [0.15, 0.2) is 47.4 Å². The molecule has 2 aromatic rings. The van der Waals surface area contributed by atoms with Crippen molar-refractivity contribution in [2.24, 2.45) is 5.92 Å². The number of fused-ring (bicyclic) bond motifs is 1. The number of benzene rings is 2. The molecule has 158 valence electrons. The van der Waals surface area contributed by atoms with Crippen molar-refractivity contribution in [2.45, 2.75) is 24.2 Å². The van der Waals surface area contributed by atoms with Crippen LogP contribution < -0.4 is 9.80 Å². The van der Waals surface area contributed by atoms with Crippen molar-refractivity contribution in [3.05, 3.63) is 53.8 Å². The number of nitrogens with zero attached hydrogens (tertiary/aromatic N) is 3. The third-order valence-corrected chi connectivity index (χ3v) is 8.10. The van der Waals surface area contributed by atoms with E-state index >= 15 is 0 Å². The van der Waals surface area contributed by atoms with Gasteiger partial charge in [0.15, 0.2) is 0 Å². The van der Waals surface area contributed by atoms with Crippen LogP contribution in [-0.2, 0) is 21.2 Å². The minimum Gasteiger partial charge on any atom is -0.367 e. The highest BCUT2D eigenvalue weighted by molar-refractivity contribution is 7.89. The van der Waals surface area contributed by atoms with E-state index in [0.717, 1.165) is 24.1 Å². The molecule has 0 atom stereocenters. The van der Waals surface area contributed by atoms with Crippen LogP contribution in [0.4, 0.5) is 15.8 Å². The summed E-state index contributed by atoms with van der Waals surface area (Å²) in [6.07, 6.45) is 2.59. The molecule has 0 spiro atoms. The first-order valence-corrected chi connectivity index (χ1v) is 11.8. The summed E-state index contributed by atoms with van der Waals surface area (Å²) in [5.41, 5.74) is 2.26. The molecular weight excluding hydrogens is 405 g/mol. The SMILES string of the molecule is O=C(C1CC1)N1CCc2cc(S(=O)(=O)N3CCN(c4ccccc4F)CC3)ccc21. The summed E-state index contributed by atoms with van der Waals surface area (Å²) in [5.74, 6) is 0.0106. The number of rotatable bonds is 4. The fourth-order valence-corrected chi connectivity index (χ4v) is 5.82. The minimum absolute atomic E-state index is 0.144. The lowest BCUT2D eigenvalue weighted by atomic mass is 10.2. The van der Waals surface area contributed by atoms with Gasteiger partial charge in [0.1, 0.15) is 5.82 Å². The zero-order valence-electron chi connectivity index (χ0n) is 16.6. The number of anilines is 2. The van der Waals surface area contributed by atoms with Crippen molar-refractivity contribution < 1.29 is 17.6 Å². The molecule has 2 heterocycles. The molecule has 2 aliphatic heterocycles. The molecule has 1 aliphatic carbocycles. The zero-order valence-corrected chi connectivity index (χ0v) is 17.4. The third kappa shape index (κ3) is 3.37. The van der Waals surface area contributed by atoms with Gasteiger partial charge < -0.3 is 9.80 Å². The van der Waals surface area contributed by atoms with Gasteiger partial charge in [0.05, 0.1) is 10.6 Å². The Morgan fingerprint density at radius 1 is 0.933 bits per heavy atom. The molecule has 0 bridgehead atoms. The van der Waals surface area contributed by atoms with Gasteiger partial charge in [-0.1, -0.05) is 12.1 Å². The number of halogens is 1. The Bertz CT molecular complexity index is 1090. The molecule has 0 aromatic heterocycles. The van der Waals surface area contributed by atoms with E-state index in [0.29, 0.717) is 44.8 Å². The molecule has 0 N–H and O–H groups in total. The van der Waals surface area contributed by atoms with Gasteiger partial charge in [-0.25, -0.2) is 12.8 Å². The number of hydrogen-bond donors (Lipinski definition) is 0. The van der Waals surface area contributed by atoms with Crippen molar-refractivity contribution in [1.29, 1.82) is 0 Å². The lowest BCUT2D eigenvalue weighted by Gasteiger charge is -2.35. The Labute approximate surface area is 175 Å². The number of amides is 1. The summed E-state index contributed by atoms with van der Waals surface area (Å²) >= 11 is 0. The second-order valence-electron chi connectivity index (χ2n) is 8.15. The number of piperazine rings is 1. The molecule has 8 heteroatoms. The van der Waals surface area contributed by atoms with Crippen LogP contribution in [0, 0.1) is 11.7 Å². The molecule has 2 fully saturated rings. The highest BCUT2D eigenvalue weighted by atomic mass is 32.2. The molecule has 0 unspecified atom stereocenters. The van der Waals surface area contributed by atoms with Crippen LogP contribution in [-0.4, -0.2) is 51.4 Å². The number of sulfonamides is 1. The van der Waals surface area contributed by atoms with Gasteiger partial charge in [-0.2, -0.15) is 4.31 Å². The molecule has 5 rings (SSSR count). The summed E-state index contributed by atoms with van der Waals surface area (Å²) in [4.78, 5) is 16.4. The smallest absolute Gasteiger partial charge is 0.243 e. The first-order valence-electron chi connectivity index (χ1n) is 10.4. The molecule has 3 aliphatic rings. The number of carbonyl (C=O) groups excluding carboxylic acids is 1. The van der Waals surface area contributed by atoms with Crippen LogP contribution >= 0.6 is 0 Å². The van der Waals surface area contributed by atoms with E-state index in [4.69, 9.17) is 0 Å². The number of hydrogen-bond acceptors (Lipinski definition) is 4.